The third kappa shape index (κ3) is 4.94. The summed E-state index contributed by atoms with van der Waals surface area (Å²) in [6.07, 6.45) is -0.907. The molecule has 4 rings (SSSR count). The standard InChI is InChI=1S/C21H17F4N5O2/c22-14-5-12(7-27-9-14)18-6-13(8-28-19(18)30-10-15(26)11-30)20(31)29-16-1-3-17(4-2-16)32-21(23,24)25/h1-9,15H,10-11,26H2,(H,29,31). The molecule has 1 saturated heterocycles. The Kier molecular flexibility index (Phi) is 5.66. The van der Waals surface area contributed by atoms with Crippen LogP contribution in [0.1, 0.15) is 10.4 Å². The van der Waals surface area contributed by atoms with Crippen molar-refractivity contribution in [1.82, 2.24) is 9.97 Å². The SMILES string of the molecule is NC1CN(c2ncc(C(=O)Nc3ccc(OC(F)(F)F)cc3)cc2-c2cncc(F)c2)C1. The van der Waals surface area contributed by atoms with Gasteiger partial charge in [-0.15, -0.1) is 13.2 Å². The molecule has 3 aromatic rings. The highest BCUT2D eigenvalue weighted by atomic mass is 19.4. The fraction of sp³-hybridized carbons (Fsp3) is 0.190. The van der Waals surface area contributed by atoms with Crippen molar-refractivity contribution in [2.45, 2.75) is 12.4 Å². The van der Waals surface area contributed by atoms with Crippen molar-refractivity contribution in [3.8, 4) is 16.9 Å². The van der Waals surface area contributed by atoms with Gasteiger partial charge in [0.25, 0.3) is 5.91 Å². The number of hydrogen-bond acceptors (Lipinski definition) is 6. The van der Waals surface area contributed by atoms with Crippen LogP contribution in [0.2, 0.25) is 0 Å². The molecule has 3 N–H and O–H groups in total. The van der Waals surface area contributed by atoms with Crippen LogP contribution in [0, 0.1) is 5.82 Å². The van der Waals surface area contributed by atoms with Gasteiger partial charge in [0, 0.05) is 48.3 Å². The maximum absolute atomic E-state index is 13.7. The highest BCUT2D eigenvalue weighted by Crippen LogP contribution is 2.32. The van der Waals surface area contributed by atoms with Crippen molar-refractivity contribution in [2.75, 3.05) is 23.3 Å². The second-order valence-electron chi connectivity index (χ2n) is 7.18. The number of benzene rings is 1. The first-order chi connectivity index (χ1) is 15.2. The third-order valence-electron chi connectivity index (χ3n) is 4.70. The van der Waals surface area contributed by atoms with Crippen molar-refractivity contribution in [2.24, 2.45) is 5.73 Å². The zero-order valence-corrected chi connectivity index (χ0v) is 16.4. The van der Waals surface area contributed by atoms with E-state index in [4.69, 9.17) is 5.73 Å². The summed E-state index contributed by atoms with van der Waals surface area (Å²) < 4.78 is 54.4. The first-order valence-electron chi connectivity index (χ1n) is 9.46. The molecule has 0 saturated carbocycles. The minimum atomic E-state index is -4.80. The van der Waals surface area contributed by atoms with Gasteiger partial charge in [-0.1, -0.05) is 0 Å². The van der Waals surface area contributed by atoms with Crippen molar-refractivity contribution < 1.29 is 27.1 Å². The number of hydrogen-bond donors (Lipinski definition) is 2. The predicted molar refractivity (Wildman–Crippen MR) is 109 cm³/mol. The number of carbonyl (C=O) groups excluding carboxylic acids is 1. The van der Waals surface area contributed by atoms with Crippen LogP contribution in [0.5, 0.6) is 5.75 Å². The van der Waals surface area contributed by atoms with Crippen molar-refractivity contribution in [1.29, 1.82) is 0 Å². The molecule has 0 atom stereocenters. The van der Waals surface area contributed by atoms with Crippen LogP contribution in [-0.4, -0.2) is 41.4 Å². The maximum atomic E-state index is 13.7. The molecule has 32 heavy (non-hydrogen) atoms. The van der Waals surface area contributed by atoms with E-state index in [0.29, 0.717) is 30.0 Å². The molecule has 3 heterocycles. The Hall–Kier alpha value is -3.73. The summed E-state index contributed by atoms with van der Waals surface area (Å²) in [5.41, 5.74) is 7.23. The van der Waals surface area contributed by atoms with Crippen LogP contribution in [0.3, 0.4) is 0 Å². The van der Waals surface area contributed by atoms with Gasteiger partial charge in [0.05, 0.1) is 11.8 Å². The minimum Gasteiger partial charge on any atom is -0.406 e. The Morgan fingerprint density at radius 2 is 1.84 bits per heavy atom. The second-order valence-corrected chi connectivity index (χ2v) is 7.18. The summed E-state index contributed by atoms with van der Waals surface area (Å²) in [7, 11) is 0. The number of nitrogens with two attached hydrogens (primary N) is 1. The Bertz CT molecular complexity index is 1130. The molecule has 0 radical (unpaired) electrons. The van der Waals surface area contributed by atoms with Crippen LogP contribution in [-0.2, 0) is 0 Å². The smallest absolute Gasteiger partial charge is 0.406 e. The zero-order valence-electron chi connectivity index (χ0n) is 16.4. The van der Waals surface area contributed by atoms with Gasteiger partial charge < -0.3 is 20.7 Å². The number of halogens is 4. The van der Waals surface area contributed by atoms with Crippen LogP contribution in [0.4, 0.5) is 29.1 Å². The lowest BCUT2D eigenvalue weighted by Crippen LogP contribution is -2.56. The monoisotopic (exact) mass is 447 g/mol. The van der Waals surface area contributed by atoms with E-state index in [2.05, 4.69) is 20.0 Å². The largest absolute Gasteiger partial charge is 0.573 e. The molecular weight excluding hydrogens is 430 g/mol. The summed E-state index contributed by atoms with van der Waals surface area (Å²) in [6, 6.07) is 7.57. The Morgan fingerprint density at radius 3 is 2.47 bits per heavy atom. The average molecular weight is 447 g/mol. The van der Waals surface area contributed by atoms with Crippen LogP contribution in [0.25, 0.3) is 11.1 Å². The number of aromatic nitrogens is 2. The summed E-state index contributed by atoms with van der Waals surface area (Å²) in [5, 5.41) is 2.58. The van der Waals surface area contributed by atoms with Crippen LogP contribution >= 0.6 is 0 Å². The number of nitrogens with one attached hydrogen (secondary N) is 1. The molecule has 166 valence electrons. The summed E-state index contributed by atoms with van der Waals surface area (Å²) in [6.45, 7) is 1.14. The molecule has 1 aliphatic rings. The van der Waals surface area contributed by atoms with E-state index in [1.807, 2.05) is 4.90 Å². The number of pyridine rings is 2. The molecule has 0 spiro atoms. The van der Waals surface area contributed by atoms with Gasteiger partial charge in [0.15, 0.2) is 0 Å². The molecular formula is C21H17F4N5O2. The van der Waals surface area contributed by atoms with Crippen molar-refractivity contribution >= 4 is 17.4 Å². The lowest BCUT2D eigenvalue weighted by Gasteiger charge is -2.38. The zero-order chi connectivity index (χ0) is 22.9. The molecule has 1 amide bonds. The number of carbonyl (C=O) groups is 1. The molecule has 0 unspecified atom stereocenters. The van der Waals surface area contributed by atoms with Gasteiger partial charge >= 0.3 is 6.36 Å². The molecule has 2 aromatic heterocycles. The van der Waals surface area contributed by atoms with Gasteiger partial charge in [-0.3, -0.25) is 9.78 Å². The van der Waals surface area contributed by atoms with E-state index >= 15 is 0 Å². The van der Waals surface area contributed by atoms with Gasteiger partial charge in [0.2, 0.25) is 0 Å². The summed E-state index contributed by atoms with van der Waals surface area (Å²) in [4.78, 5) is 22.8. The number of nitrogens with zero attached hydrogens (tertiary/aromatic N) is 3. The molecule has 11 heteroatoms. The number of ether oxygens (including phenoxy) is 1. The van der Waals surface area contributed by atoms with Gasteiger partial charge in [-0.25, -0.2) is 9.37 Å². The lowest BCUT2D eigenvalue weighted by atomic mass is 10.0. The number of alkyl halides is 3. The van der Waals surface area contributed by atoms with Gasteiger partial charge in [0.1, 0.15) is 17.4 Å². The summed E-state index contributed by atoms with van der Waals surface area (Å²) >= 11 is 0. The van der Waals surface area contributed by atoms with Gasteiger partial charge in [-0.05, 0) is 36.4 Å². The first-order valence-corrected chi connectivity index (χ1v) is 9.46. The molecule has 1 aromatic carbocycles. The quantitative estimate of drug-likeness (QED) is 0.581. The number of anilines is 2. The van der Waals surface area contributed by atoms with E-state index in [1.165, 1.54) is 30.6 Å². The normalized spacial score (nSPS) is 14.1. The summed E-state index contributed by atoms with van der Waals surface area (Å²) in [5.74, 6) is -0.941. The Labute approximate surface area is 179 Å². The number of rotatable bonds is 5. The maximum Gasteiger partial charge on any atom is 0.573 e. The van der Waals surface area contributed by atoms with Crippen LogP contribution < -0.4 is 20.7 Å². The lowest BCUT2D eigenvalue weighted by molar-refractivity contribution is -0.274. The predicted octanol–water partition coefficient (Wildman–Crippen LogP) is 3.58. The van der Waals surface area contributed by atoms with E-state index < -0.39 is 23.8 Å². The Balaban J connectivity index is 1.58. The first kappa shape index (κ1) is 21.5. The van der Waals surface area contributed by atoms with E-state index in [9.17, 15) is 22.4 Å². The van der Waals surface area contributed by atoms with Crippen LogP contribution in [0.15, 0.2) is 55.0 Å². The minimum absolute atomic E-state index is 0.00237. The fourth-order valence-corrected chi connectivity index (χ4v) is 3.23. The third-order valence-corrected chi connectivity index (χ3v) is 4.70. The highest BCUT2D eigenvalue weighted by Gasteiger charge is 2.31. The van der Waals surface area contributed by atoms with E-state index in [-0.39, 0.29) is 17.3 Å². The molecule has 0 bridgehead atoms. The average Bonchev–Trinajstić information content (AvgIpc) is 2.71. The van der Waals surface area contributed by atoms with E-state index in [1.54, 1.807) is 6.07 Å². The van der Waals surface area contributed by atoms with Crippen molar-refractivity contribution in [3.05, 3.63) is 66.4 Å². The fourth-order valence-electron chi connectivity index (χ4n) is 3.23. The molecule has 1 aliphatic heterocycles. The van der Waals surface area contributed by atoms with E-state index in [0.717, 1.165) is 18.3 Å². The Morgan fingerprint density at radius 1 is 1.12 bits per heavy atom. The second kappa shape index (κ2) is 8.42. The van der Waals surface area contributed by atoms with Gasteiger partial charge in [-0.2, -0.15) is 0 Å². The topological polar surface area (TPSA) is 93.4 Å². The molecule has 0 aliphatic carbocycles. The molecule has 1 fully saturated rings. The highest BCUT2D eigenvalue weighted by molar-refractivity contribution is 6.05. The molecule has 7 nitrogen and oxygen atoms in total. The number of amides is 1. The van der Waals surface area contributed by atoms with Crippen molar-refractivity contribution in [3.63, 3.8) is 0 Å².